The van der Waals surface area contributed by atoms with Gasteiger partial charge in [0.1, 0.15) is 5.75 Å². The molecule has 5 nitrogen and oxygen atoms in total. The third-order valence-corrected chi connectivity index (χ3v) is 4.11. The molecule has 0 radical (unpaired) electrons. The molecule has 0 saturated heterocycles. The molecule has 1 aromatic carbocycles. The molecule has 0 aliphatic heterocycles. The number of carbonyl (C=O) groups is 1. The summed E-state index contributed by atoms with van der Waals surface area (Å²) in [6.07, 6.45) is 3.34. The van der Waals surface area contributed by atoms with Gasteiger partial charge in [-0.3, -0.25) is 0 Å². The molecule has 0 aromatic heterocycles. The molecule has 1 saturated carbocycles. The lowest BCUT2D eigenvalue weighted by Gasteiger charge is -2.41. The topological polar surface area (TPSA) is 56.8 Å². The van der Waals surface area contributed by atoms with E-state index in [4.69, 9.17) is 14.2 Å². The highest BCUT2D eigenvalue weighted by Crippen LogP contribution is 2.35. The maximum Gasteiger partial charge on any atom is 0.334 e. The summed E-state index contributed by atoms with van der Waals surface area (Å²) < 4.78 is 15.8. The molecule has 1 aliphatic carbocycles. The van der Waals surface area contributed by atoms with Crippen molar-refractivity contribution in [2.45, 2.75) is 37.3 Å². The highest BCUT2D eigenvalue weighted by Gasteiger charge is 2.48. The molecule has 116 valence electrons. The van der Waals surface area contributed by atoms with E-state index in [1.54, 1.807) is 14.2 Å². The Morgan fingerprint density at radius 3 is 2.76 bits per heavy atom. The van der Waals surface area contributed by atoms with Crippen molar-refractivity contribution in [1.82, 2.24) is 0 Å². The Kier molecular flexibility index (Phi) is 5.07. The number of benzene rings is 1. The average Bonchev–Trinajstić information content (AvgIpc) is 2.54. The Morgan fingerprint density at radius 2 is 2.10 bits per heavy atom. The lowest BCUT2D eigenvalue weighted by Crippen LogP contribution is -2.58. The van der Waals surface area contributed by atoms with Crippen molar-refractivity contribution < 1.29 is 19.0 Å². The van der Waals surface area contributed by atoms with E-state index >= 15 is 0 Å². The summed E-state index contributed by atoms with van der Waals surface area (Å²) in [6.45, 7) is 0. The Bertz CT molecular complexity index is 491. The van der Waals surface area contributed by atoms with Crippen LogP contribution in [0.3, 0.4) is 0 Å². The summed E-state index contributed by atoms with van der Waals surface area (Å²) in [5.74, 6) is 0.460. The fourth-order valence-electron chi connectivity index (χ4n) is 3.03. The van der Waals surface area contributed by atoms with Gasteiger partial charge in [0.15, 0.2) is 5.54 Å². The van der Waals surface area contributed by atoms with Crippen molar-refractivity contribution in [1.29, 1.82) is 0 Å². The molecule has 2 rings (SSSR count). The molecule has 5 heteroatoms. The first-order valence-electron chi connectivity index (χ1n) is 7.19. The van der Waals surface area contributed by atoms with E-state index in [9.17, 15) is 4.79 Å². The highest BCUT2D eigenvalue weighted by molar-refractivity contribution is 5.85. The zero-order valence-electron chi connectivity index (χ0n) is 12.8. The van der Waals surface area contributed by atoms with Crippen LogP contribution in [0.25, 0.3) is 0 Å². The standard InChI is InChI=1S/C16H23NO4/c1-19-13-8-6-7-12(11-13)17-16(15(18)21-3)10-5-4-9-14(16)20-2/h6-8,11,14,17H,4-5,9-10H2,1-3H3. The zero-order chi connectivity index (χ0) is 15.3. The van der Waals surface area contributed by atoms with Gasteiger partial charge in [0, 0.05) is 18.9 Å². The van der Waals surface area contributed by atoms with Crippen molar-refractivity contribution in [2.24, 2.45) is 0 Å². The van der Waals surface area contributed by atoms with E-state index in [0.717, 1.165) is 30.7 Å². The molecule has 0 spiro atoms. The molecule has 0 bridgehead atoms. The van der Waals surface area contributed by atoms with Gasteiger partial charge in [0.2, 0.25) is 0 Å². The first-order valence-corrected chi connectivity index (χ1v) is 7.19. The molecule has 2 unspecified atom stereocenters. The van der Waals surface area contributed by atoms with Gasteiger partial charge in [-0.2, -0.15) is 0 Å². The number of ether oxygens (including phenoxy) is 3. The van der Waals surface area contributed by atoms with Crippen LogP contribution in [0.1, 0.15) is 25.7 Å². The van der Waals surface area contributed by atoms with E-state index in [-0.39, 0.29) is 12.1 Å². The third-order valence-electron chi connectivity index (χ3n) is 4.11. The number of nitrogens with one attached hydrogen (secondary N) is 1. The molecule has 1 fully saturated rings. The van der Waals surface area contributed by atoms with Crippen LogP contribution >= 0.6 is 0 Å². The van der Waals surface area contributed by atoms with E-state index in [1.165, 1.54) is 7.11 Å². The minimum atomic E-state index is -0.839. The number of hydrogen-bond donors (Lipinski definition) is 1. The second kappa shape index (κ2) is 6.80. The summed E-state index contributed by atoms with van der Waals surface area (Å²) in [5, 5.41) is 3.34. The van der Waals surface area contributed by atoms with Crippen molar-refractivity contribution in [3.63, 3.8) is 0 Å². The molecule has 0 heterocycles. The smallest absolute Gasteiger partial charge is 0.334 e. The molecule has 1 N–H and O–H groups in total. The molecule has 2 atom stereocenters. The van der Waals surface area contributed by atoms with Gasteiger partial charge in [-0.25, -0.2) is 4.79 Å². The summed E-state index contributed by atoms with van der Waals surface area (Å²) in [4.78, 5) is 12.4. The Labute approximate surface area is 125 Å². The number of carbonyl (C=O) groups excluding carboxylic acids is 1. The number of methoxy groups -OCH3 is 3. The minimum Gasteiger partial charge on any atom is -0.497 e. The normalized spacial score (nSPS) is 25.2. The zero-order valence-corrected chi connectivity index (χ0v) is 12.8. The number of esters is 1. The fraction of sp³-hybridized carbons (Fsp3) is 0.562. The first-order chi connectivity index (χ1) is 10.2. The van der Waals surface area contributed by atoms with Crippen LogP contribution in [0.4, 0.5) is 5.69 Å². The van der Waals surface area contributed by atoms with Crippen molar-refractivity contribution in [2.75, 3.05) is 26.6 Å². The molecule has 0 amide bonds. The van der Waals surface area contributed by atoms with Gasteiger partial charge >= 0.3 is 5.97 Å². The van der Waals surface area contributed by atoms with Gasteiger partial charge in [0.05, 0.1) is 20.3 Å². The SMILES string of the molecule is COC(=O)C1(Nc2cccc(OC)c2)CCCCC1OC. The van der Waals surface area contributed by atoms with E-state index in [2.05, 4.69) is 5.32 Å². The van der Waals surface area contributed by atoms with Crippen LogP contribution in [0.2, 0.25) is 0 Å². The Hall–Kier alpha value is -1.75. The summed E-state index contributed by atoms with van der Waals surface area (Å²) in [5.41, 5.74) is -0.0163. The monoisotopic (exact) mass is 293 g/mol. The average molecular weight is 293 g/mol. The van der Waals surface area contributed by atoms with Gasteiger partial charge in [-0.15, -0.1) is 0 Å². The predicted octanol–water partition coefficient (Wildman–Crippen LogP) is 2.61. The Morgan fingerprint density at radius 1 is 1.29 bits per heavy atom. The van der Waals surface area contributed by atoms with Gasteiger partial charge in [-0.05, 0) is 25.0 Å². The van der Waals surface area contributed by atoms with Crippen LogP contribution in [0.15, 0.2) is 24.3 Å². The largest absolute Gasteiger partial charge is 0.497 e. The molecular formula is C16H23NO4. The lowest BCUT2D eigenvalue weighted by atomic mass is 9.78. The second-order valence-corrected chi connectivity index (χ2v) is 5.29. The minimum absolute atomic E-state index is 0.204. The van der Waals surface area contributed by atoms with Crippen LogP contribution in [-0.2, 0) is 14.3 Å². The second-order valence-electron chi connectivity index (χ2n) is 5.29. The molecule has 1 aliphatic rings. The molecule has 21 heavy (non-hydrogen) atoms. The van der Waals surface area contributed by atoms with Crippen LogP contribution in [-0.4, -0.2) is 38.9 Å². The van der Waals surface area contributed by atoms with Crippen molar-refractivity contribution >= 4 is 11.7 Å². The highest BCUT2D eigenvalue weighted by atomic mass is 16.5. The van der Waals surface area contributed by atoms with Crippen LogP contribution < -0.4 is 10.1 Å². The lowest BCUT2D eigenvalue weighted by molar-refractivity contribution is -0.153. The summed E-state index contributed by atoms with van der Waals surface area (Å²) in [7, 11) is 4.67. The molecular weight excluding hydrogens is 270 g/mol. The van der Waals surface area contributed by atoms with Crippen LogP contribution in [0.5, 0.6) is 5.75 Å². The van der Waals surface area contributed by atoms with E-state index < -0.39 is 5.54 Å². The van der Waals surface area contributed by atoms with Crippen molar-refractivity contribution in [3.8, 4) is 5.75 Å². The van der Waals surface area contributed by atoms with Gasteiger partial charge < -0.3 is 19.5 Å². The number of anilines is 1. The number of rotatable bonds is 5. The van der Waals surface area contributed by atoms with Crippen molar-refractivity contribution in [3.05, 3.63) is 24.3 Å². The van der Waals surface area contributed by atoms with Crippen LogP contribution in [0, 0.1) is 0 Å². The summed E-state index contributed by atoms with van der Waals surface area (Å²) >= 11 is 0. The maximum atomic E-state index is 12.4. The predicted molar refractivity (Wildman–Crippen MR) is 80.6 cm³/mol. The van der Waals surface area contributed by atoms with Gasteiger partial charge in [0.25, 0.3) is 0 Å². The van der Waals surface area contributed by atoms with Gasteiger partial charge in [-0.1, -0.05) is 18.9 Å². The Balaban J connectivity index is 2.33. The third kappa shape index (κ3) is 3.13. The number of hydrogen-bond acceptors (Lipinski definition) is 5. The molecule has 1 aromatic rings. The summed E-state index contributed by atoms with van der Waals surface area (Å²) in [6, 6.07) is 7.53. The first kappa shape index (κ1) is 15.6. The fourth-order valence-corrected chi connectivity index (χ4v) is 3.03. The van der Waals surface area contributed by atoms with E-state index in [0.29, 0.717) is 6.42 Å². The maximum absolute atomic E-state index is 12.4. The van der Waals surface area contributed by atoms with E-state index in [1.807, 2.05) is 24.3 Å². The quantitative estimate of drug-likeness (QED) is 0.846.